The summed E-state index contributed by atoms with van der Waals surface area (Å²) in [5.74, 6) is -0.488. The second kappa shape index (κ2) is 10.9. The summed E-state index contributed by atoms with van der Waals surface area (Å²) in [4.78, 5) is 39.0. The number of nitrogens with one attached hydrogen (secondary N) is 1. The number of anilines is 1. The monoisotopic (exact) mass is 408 g/mol. The van der Waals surface area contributed by atoms with Gasteiger partial charge < -0.3 is 18.9 Å². The van der Waals surface area contributed by atoms with Gasteiger partial charge >= 0.3 is 11.9 Å². The van der Waals surface area contributed by atoms with Gasteiger partial charge in [-0.05, 0) is 31.2 Å². The standard InChI is InChI=1S/C18H20N2O7S/c1-3-25-16(22)8-12-11-28-18(19-12)20-15(21)9-27-17(23)10-26-14-6-4-13(24-2)5-7-14/h4-7,11H,3,8-10H2,1-2H3,(H,19,20,21). The molecule has 28 heavy (non-hydrogen) atoms. The summed E-state index contributed by atoms with van der Waals surface area (Å²) < 4.78 is 20.0. The minimum atomic E-state index is -0.687. The van der Waals surface area contributed by atoms with Gasteiger partial charge in [0.1, 0.15) is 11.5 Å². The maximum Gasteiger partial charge on any atom is 0.344 e. The van der Waals surface area contributed by atoms with Crippen LogP contribution in [-0.4, -0.2) is 49.8 Å². The topological polar surface area (TPSA) is 113 Å². The highest BCUT2D eigenvalue weighted by Gasteiger charge is 2.12. The Labute approximate surface area is 165 Å². The van der Waals surface area contributed by atoms with Gasteiger partial charge in [0.15, 0.2) is 18.3 Å². The lowest BCUT2D eigenvalue weighted by Gasteiger charge is -2.07. The molecule has 0 unspecified atom stereocenters. The number of benzene rings is 1. The molecule has 10 heteroatoms. The largest absolute Gasteiger partial charge is 0.497 e. The van der Waals surface area contributed by atoms with Crippen molar-refractivity contribution >= 4 is 34.3 Å². The van der Waals surface area contributed by atoms with Gasteiger partial charge in [-0.15, -0.1) is 11.3 Å². The molecule has 0 spiro atoms. The Kier molecular flexibility index (Phi) is 8.22. The molecule has 1 amide bonds. The minimum absolute atomic E-state index is 0.0257. The van der Waals surface area contributed by atoms with E-state index < -0.39 is 24.5 Å². The summed E-state index contributed by atoms with van der Waals surface area (Å²) in [6.07, 6.45) is 0.0257. The summed E-state index contributed by atoms with van der Waals surface area (Å²) in [6.45, 7) is 1.20. The molecule has 0 fully saturated rings. The van der Waals surface area contributed by atoms with Gasteiger partial charge in [-0.2, -0.15) is 0 Å². The Morgan fingerprint density at radius 1 is 1.04 bits per heavy atom. The number of carbonyl (C=O) groups is 3. The van der Waals surface area contributed by atoms with Crippen LogP contribution >= 0.6 is 11.3 Å². The van der Waals surface area contributed by atoms with Gasteiger partial charge in [-0.1, -0.05) is 0 Å². The fourth-order valence-electron chi connectivity index (χ4n) is 1.96. The lowest BCUT2D eigenvalue weighted by Crippen LogP contribution is -2.23. The summed E-state index contributed by atoms with van der Waals surface area (Å²) in [7, 11) is 1.55. The zero-order valence-corrected chi connectivity index (χ0v) is 16.2. The van der Waals surface area contributed by atoms with Gasteiger partial charge in [0.2, 0.25) is 0 Å². The first kappa shape index (κ1) is 21.2. The van der Waals surface area contributed by atoms with E-state index in [1.807, 2.05) is 0 Å². The Balaban J connectivity index is 1.69. The Morgan fingerprint density at radius 3 is 2.43 bits per heavy atom. The van der Waals surface area contributed by atoms with E-state index in [9.17, 15) is 14.4 Å². The quantitative estimate of drug-likeness (QED) is 0.592. The molecule has 150 valence electrons. The van der Waals surface area contributed by atoms with E-state index in [0.717, 1.165) is 11.3 Å². The number of aromatic nitrogens is 1. The molecule has 2 aromatic rings. The summed E-state index contributed by atoms with van der Waals surface area (Å²) in [5, 5.41) is 4.43. The molecule has 2 rings (SSSR count). The number of amides is 1. The van der Waals surface area contributed by atoms with Crippen LogP contribution in [0.25, 0.3) is 0 Å². The van der Waals surface area contributed by atoms with Crippen molar-refractivity contribution in [3.8, 4) is 11.5 Å². The van der Waals surface area contributed by atoms with Crippen molar-refractivity contribution in [1.29, 1.82) is 0 Å². The lowest BCUT2D eigenvalue weighted by atomic mass is 10.3. The predicted octanol–water partition coefficient (Wildman–Crippen LogP) is 1.82. The molecule has 1 aromatic carbocycles. The fraction of sp³-hybridized carbons (Fsp3) is 0.333. The summed E-state index contributed by atoms with van der Waals surface area (Å²) in [5.41, 5.74) is 0.489. The molecule has 0 saturated carbocycles. The van der Waals surface area contributed by atoms with Crippen LogP contribution in [0.3, 0.4) is 0 Å². The number of methoxy groups -OCH3 is 1. The lowest BCUT2D eigenvalue weighted by molar-refractivity contribution is -0.149. The number of rotatable bonds is 10. The third-order valence-corrected chi connectivity index (χ3v) is 4.02. The molecule has 0 aliphatic carbocycles. The SMILES string of the molecule is CCOC(=O)Cc1csc(NC(=O)COC(=O)COc2ccc(OC)cc2)n1. The molecular formula is C18H20N2O7S. The molecule has 1 N–H and O–H groups in total. The summed E-state index contributed by atoms with van der Waals surface area (Å²) in [6, 6.07) is 6.68. The molecule has 0 aliphatic rings. The van der Waals surface area contributed by atoms with E-state index in [2.05, 4.69) is 10.3 Å². The highest BCUT2D eigenvalue weighted by Crippen LogP contribution is 2.17. The third kappa shape index (κ3) is 7.23. The molecule has 0 aliphatic heterocycles. The molecule has 0 atom stereocenters. The highest BCUT2D eigenvalue weighted by molar-refractivity contribution is 7.13. The third-order valence-electron chi connectivity index (χ3n) is 3.21. The Bertz CT molecular complexity index is 805. The number of thiazole rings is 1. The maximum atomic E-state index is 11.8. The molecular weight excluding hydrogens is 388 g/mol. The molecule has 1 aromatic heterocycles. The summed E-state index contributed by atoms with van der Waals surface area (Å²) >= 11 is 1.16. The zero-order valence-electron chi connectivity index (χ0n) is 15.4. The average Bonchev–Trinajstić information content (AvgIpc) is 3.11. The van der Waals surface area contributed by atoms with Gasteiger partial charge in [0, 0.05) is 5.38 Å². The van der Waals surface area contributed by atoms with Gasteiger partial charge in [0.05, 0.1) is 25.8 Å². The molecule has 9 nitrogen and oxygen atoms in total. The number of hydrogen-bond acceptors (Lipinski definition) is 9. The van der Waals surface area contributed by atoms with Crippen LogP contribution in [0.1, 0.15) is 12.6 Å². The van der Waals surface area contributed by atoms with Gasteiger partial charge in [-0.3, -0.25) is 14.9 Å². The van der Waals surface area contributed by atoms with E-state index in [0.29, 0.717) is 28.9 Å². The second-order valence-electron chi connectivity index (χ2n) is 5.30. The van der Waals surface area contributed by atoms with Crippen molar-refractivity contribution in [2.24, 2.45) is 0 Å². The number of carbonyl (C=O) groups excluding carboxylic acids is 3. The van der Waals surface area contributed by atoms with Crippen LogP contribution in [0, 0.1) is 0 Å². The number of esters is 2. The normalized spacial score (nSPS) is 10.1. The molecule has 0 radical (unpaired) electrons. The van der Waals surface area contributed by atoms with Crippen molar-refractivity contribution < 1.29 is 33.3 Å². The minimum Gasteiger partial charge on any atom is -0.497 e. The predicted molar refractivity (Wildman–Crippen MR) is 101 cm³/mol. The van der Waals surface area contributed by atoms with Crippen LogP contribution in [0.15, 0.2) is 29.6 Å². The van der Waals surface area contributed by atoms with Crippen molar-refractivity contribution in [2.75, 3.05) is 32.2 Å². The highest BCUT2D eigenvalue weighted by atomic mass is 32.1. The first-order valence-corrected chi connectivity index (χ1v) is 9.20. The average molecular weight is 408 g/mol. The molecule has 1 heterocycles. The van der Waals surface area contributed by atoms with E-state index in [4.69, 9.17) is 18.9 Å². The van der Waals surface area contributed by atoms with Crippen molar-refractivity contribution in [2.45, 2.75) is 13.3 Å². The first-order valence-electron chi connectivity index (χ1n) is 8.32. The Hall–Kier alpha value is -3.14. The van der Waals surface area contributed by atoms with E-state index in [-0.39, 0.29) is 13.0 Å². The van der Waals surface area contributed by atoms with Crippen molar-refractivity contribution in [3.05, 3.63) is 35.3 Å². The van der Waals surface area contributed by atoms with Gasteiger partial charge in [-0.25, -0.2) is 9.78 Å². The zero-order chi connectivity index (χ0) is 20.4. The molecule has 0 bridgehead atoms. The van der Waals surface area contributed by atoms with E-state index in [1.165, 1.54) is 0 Å². The number of ether oxygens (including phenoxy) is 4. The number of hydrogen-bond donors (Lipinski definition) is 1. The number of nitrogens with zero attached hydrogens (tertiary/aromatic N) is 1. The van der Waals surface area contributed by atoms with E-state index in [1.54, 1.807) is 43.7 Å². The van der Waals surface area contributed by atoms with Crippen LogP contribution in [0.5, 0.6) is 11.5 Å². The second-order valence-corrected chi connectivity index (χ2v) is 6.16. The first-order chi connectivity index (χ1) is 13.5. The van der Waals surface area contributed by atoms with Crippen LogP contribution in [-0.2, 0) is 30.3 Å². The van der Waals surface area contributed by atoms with Crippen LogP contribution in [0.4, 0.5) is 5.13 Å². The van der Waals surface area contributed by atoms with Gasteiger partial charge in [0.25, 0.3) is 5.91 Å². The van der Waals surface area contributed by atoms with Crippen molar-refractivity contribution in [3.63, 3.8) is 0 Å². The van der Waals surface area contributed by atoms with Crippen LogP contribution in [0.2, 0.25) is 0 Å². The Morgan fingerprint density at radius 2 is 1.75 bits per heavy atom. The van der Waals surface area contributed by atoms with Crippen LogP contribution < -0.4 is 14.8 Å². The fourth-order valence-corrected chi connectivity index (χ4v) is 2.69. The van der Waals surface area contributed by atoms with Crippen molar-refractivity contribution in [1.82, 2.24) is 4.98 Å². The molecule has 0 saturated heterocycles. The van der Waals surface area contributed by atoms with E-state index >= 15 is 0 Å². The maximum absolute atomic E-state index is 11.8. The smallest absolute Gasteiger partial charge is 0.344 e.